The van der Waals surface area contributed by atoms with Crippen LogP contribution in [0.5, 0.6) is 0 Å². The van der Waals surface area contributed by atoms with Gasteiger partial charge < -0.3 is 5.32 Å². The van der Waals surface area contributed by atoms with Crippen LogP contribution in [-0.4, -0.2) is 26.1 Å². The number of hydrogen-bond donors (Lipinski definition) is 1. The maximum Gasteiger partial charge on any atom is 0.294 e. The number of nitrogens with zero attached hydrogens (tertiary/aromatic N) is 3. The number of thioether (sulfide) groups is 1. The van der Waals surface area contributed by atoms with Crippen LogP contribution >= 0.6 is 34.7 Å². The Labute approximate surface area is 196 Å². The van der Waals surface area contributed by atoms with E-state index in [2.05, 4.69) is 16.9 Å². The lowest BCUT2D eigenvalue weighted by molar-refractivity contribution is -0.383. The van der Waals surface area contributed by atoms with Gasteiger partial charge in [0.15, 0.2) is 5.16 Å². The van der Waals surface area contributed by atoms with Crippen molar-refractivity contribution in [2.75, 3.05) is 11.1 Å². The smallest absolute Gasteiger partial charge is 0.294 e. The third-order valence-corrected chi connectivity index (χ3v) is 7.51. The van der Waals surface area contributed by atoms with Crippen LogP contribution in [0, 0.1) is 10.1 Å². The molecule has 0 saturated heterocycles. The van der Waals surface area contributed by atoms with Crippen molar-refractivity contribution in [1.29, 1.82) is 0 Å². The summed E-state index contributed by atoms with van der Waals surface area (Å²) in [4.78, 5) is 43.0. The number of carbonyl (C=O) groups is 1. The molecule has 0 fully saturated rings. The van der Waals surface area contributed by atoms with E-state index in [-0.39, 0.29) is 34.3 Å². The SMILES string of the molecule is C=CCn1c(SCC(=O)Nc2ccc(Cl)cc2[N+](=O)[O-])nc2sc3c(c2c1=O)CCCC3. The molecule has 1 aliphatic rings. The van der Waals surface area contributed by atoms with Crippen molar-refractivity contribution >= 4 is 62.2 Å². The number of amides is 1. The Morgan fingerprint density at radius 3 is 2.94 bits per heavy atom. The van der Waals surface area contributed by atoms with Gasteiger partial charge in [0, 0.05) is 22.5 Å². The first-order valence-electron chi connectivity index (χ1n) is 9.91. The van der Waals surface area contributed by atoms with Crippen LogP contribution in [0.15, 0.2) is 40.8 Å². The Morgan fingerprint density at radius 1 is 1.41 bits per heavy atom. The summed E-state index contributed by atoms with van der Waals surface area (Å²) in [5.41, 5.74) is 0.757. The minimum atomic E-state index is -0.607. The third kappa shape index (κ3) is 4.43. The zero-order chi connectivity index (χ0) is 22.8. The number of rotatable bonds is 7. The maximum absolute atomic E-state index is 13.2. The summed E-state index contributed by atoms with van der Waals surface area (Å²) in [6, 6.07) is 4.03. The van der Waals surface area contributed by atoms with E-state index in [1.165, 1.54) is 27.6 Å². The van der Waals surface area contributed by atoms with E-state index in [0.717, 1.165) is 43.0 Å². The Kier molecular flexibility index (Phi) is 6.63. The Balaban J connectivity index is 1.60. The average molecular weight is 491 g/mol. The van der Waals surface area contributed by atoms with Gasteiger partial charge in [-0.1, -0.05) is 29.4 Å². The highest BCUT2D eigenvalue weighted by molar-refractivity contribution is 7.99. The second kappa shape index (κ2) is 9.43. The van der Waals surface area contributed by atoms with E-state index in [0.29, 0.717) is 15.4 Å². The minimum absolute atomic E-state index is 0.0582. The Morgan fingerprint density at radius 2 is 2.19 bits per heavy atom. The lowest BCUT2D eigenvalue weighted by Crippen LogP contribution is -2.24. The van der Waals surface area contributed by atoms with E-state index in [4.69, 9.17) is 11.6 Å². The number of aromatic nitrogens is 2. The standard InChI is InChI=1S/C21H19ClN4O4S2/c1-2-9-25-20(28)18-13-5-3-4-6-16(13)32-19(18)24-21(25)31-11-17(27)23-14-8-7-12(22)10-15(14)26(29)30/h2,7-8,10H,1,3-6,9,11H2,(H,23,27). The van der Waals surface area contributed by atoms with Gasteiger partial charge in [-0.15, -0.1) is 17.9 Å². The maximum atomic E-state index is 13.2. The first-order chi connectivity index (χ1) is 15.4. The number of thiophene rings is 1. The Hall–Kier alpha value is -2.69. The molecule has 0 atom stereocenters. The number of halogens is 1. The van der Waals surface area contributed by atoms with Gasteiger partial charge in [-0.05, 0) is 43.4 Å². The van der Waals surface area contributed by atoms with E-state index in [1.54, 1.807) is 17.4 Å². The molecular weight excluding hydrogens is 472 g/mol. The van der Waals surface area contributed by atoms with Gasteiger partial charge in [0.1, 0.15) is 10.5 Å². The summed E-state index contributed by atoms with van der Waals surface area (Å²) in [6.45, 7) is 4.01. The topological polar surface area (TPSA) is 107 Å². The van der Waals surface area contributed by atoms with Crippen molar-refractivity contribution < 1.29 is 9.72 Å². The molecular formula is C21H19ClN4O4S2. The molecule has 1 N–H and O–H groups in total. The van der Waals surface area contributed by atoms with Crippen LogP contribution in [0.1, 0.15) is 23.3 Å². The van der Waals surface area contributed by atoms with Crippen LogP contribution in [-0.2, 0) is 24.2 Å². The molecule has 0 bridgehead atoms. The van der Waals surface area contributed by atoms with Gasteiger partial charge >= 0.3 is 0 Å². The van der Waals surface area contributed by atoms with Crippen molar-refractivity contribution in [3.05, 3.63) is 66.8 Å². The monoisotopic (exact) mass is 490 g/mol. The summed E-state index contributed by atoms with van der Waals surface area (Å²) in [6.07, 6.45) is 5.64. The quantitative estimate of drug-likeness (QED) is 0.167. The molecule has 2 heterocycles. The zero-order valence-corrected chi connectivity index (χ0v) is 19.3. The van der Waals surface area contributed by atoms with Crippen molar-refractivity contribution in [2.24, 2.45) is 0 Å². The van der Waals surface area contributed by atoms with Crippen LogP contribution in [0.4, 0.5) is 11.4 Å². The molecule has 3 aromatic rings. The number of carbonyl (C=O) groups excluding carboxylic acids is 1. The number of anilines is 1. The van der Waals surface area contributed by atoms with Gasteiger partial charge in [-0.3, -0.25) is 24.3 Å². The summed E-state index contributed by atoms with van der Waals surface area (Å²) < 4.78 is 1.53. The fourth-order valence-corrected chi connectivity index (χ4v) is 5.98. The highest BCUT2D eigenvalue weighted by atomic mass is 35.5. The summed E-state index contributed by atoms with van der Waals surface area (Å²) >= 11 is 8.47. The van der Waals surface area contributed by atoms with Crippen LogP contribution in [0.3, 0.4) is 0 Å². The third-order valence-electron chi connectivity index (χ3n) is 5.11. The molecule has 1 aliphatic carbocycles. The molecule has 166 valence electrons. The van der Waals surface area contributed by atoms with Crippen LogP contribution < -0.4 is 10.9 Å². The lowest BCUT2D eigenvalue weighted by Gasteiger charge is -2.12. The van der Waals surface area contributed by atoms with Crippen molar-refractivity contribution in [2.45, 2.75) is 37.4 Å². The molecule has 32 heavy (non-hydrogen) atoms. The average Bonchev–Trinajstić information content (AvgIpc) is 3.14. The largest absolute Gasteiger partial charge is 0.320 e. The zero-order valence-electron chi connectivity index (χ0n) is 16.9. The number of nitro groups is 1. The fourth-order valence-electron chi connectivity index (χ4n) is 3.70. The fraction of sp³-hybridized carbons (Fsp3) is 0.286. The summed E-state index contributed by atoms with van der Waals surface area (Å²) in [7, 11) is 0. The number of nitrogens with one attached hydrogen (secondary N) is 1. The van der Waals surface area contributed by atoms with Crippen LogP contribution in [0.25, 0.3) is 10.2 Å². The van der Waals surface area contributed by atoms with Gasteiger partial charge in [0.25, 0.3) is 11.2 Å². The lowest BCUT2D eigenvalue weighted by atomic mass is 9.97. The number of allylic oxidation sites excluding steroid dienone is 1. The molecule has 0 radical (unpaired) electrons. The predicted molar refractivity (Wildman–Crippen MR) is 128 cm³/mol. The Bertz CT molecular complexity index is 1300. The minimum Gasteiger partial charge on any atom is -0.320 e. The molecule has 1 aromatic carbocycles. The number of nitro benzene ring substituents is 1. The predicted octanol–water partition coefficient (Wildman–Crippen LogP) is 4.82. The molecule has 8 nitrogen and oxygen atoms in total. The molecule has 1 amide bonds. The van der Waals surface area contributed by atoms with Gasteiger partial charge in [0.2, 0.25) is 5.91 Å². The number of benzene rings is 1. The molecule has 0 saturated carbocycles. The molecule has 0 aliphatic heterocycles. The molecule has 0 spiro atoms. The van der Waals surface area contributed by atoms with Gasteiger partial charge in [0.05, 0.1) is 16.1 Å². The van der Waals surface area contributed by atoms with E-state index < -0.39 is 10.8 Å². The number of hydrogen-bond acceptors (Lipinski definition) is 7. The highest BCUT2D eigenvalue weighted by Crippen LogP contribution is 2.35. The molecule has 2 aromatic heterocycles. The van der Waals surface area contributed by atoms with Crippen LogP contribution in [0.2, 0.25) is 5.02 Å². The molecule has 0 unspecified atom stereocenters. The number of fused-ring (bicyclic) bond motifs is 3. The van der Waals surface area contributed by atoms with Gasteiger partial charge in [-0.25, -0.2) is 4.98 Å². The highest BCUT2D eigenvalue weighted by Gasteiger charge is 2.23. The van der Waals surface area contributed by atoms with E-state index in [9.17, 15) is 19.7 Å². The van der Waals surface area contributed by atoms with Crippen molar-refractivity contribution in [3.63, 3.8) is 0 Å². The second-order valence-electron chi connectivity index (χ2n) is 7.25. The van der Waals surface area contributed by atoms with Crippen molar-refractivity contribution in [1.82, 2.24) is 9.55 Å². The normalized spacial score (nSPS) is 13.0. The summed E-state index contributed by atoms with van der Waals surface area (Å²) in [5.74, 6) is -0.523. The second-order valence-corrected chi connectivity index (χ2v) is 9.71. The van der Waals surface area contributed by atoms with E-state index in [1.807, 2.05) is 0 Å². The van der Waals surface area contributed by atoms with Gasteiger partial charge in [-0.2, -0.15) is 0 Å². The first kappa shape index (κ1) is 22.5. The van der Waals surface area contributed by atoms with Crippen molar-refractivity contribution in [3.8, 4) is 0 Å². The van der Waals surface area contributed by atoms with E-state index >= 15 is 0 Å². The first-order valence-corrected chi connectivity index (χ1v) is 12.1. The molecule has 11 heteroatoms. The summed E-state index contributed by atoms with van der Waals surface area (Å²) in [5, 5.41) is 15.1. The molecule has 4 rings (SSSR count). The number of aryl methyl sites for hydroxylation is 2.